The second kappa shape index (κ2) is 7.68. The van der Waals surface area contributed by atoms with Crippen molar-refractivity contribution in [2.75, 3.05) is 5.73 Å². The summed E-state index contributed by atoms with van der Waals surface area (Å²) in [5.41, 5.74) is -6.59. The lowest BCUT2D eigenvalue weighted by Crippen LogP contribution is -2.11. The highest BCUT2D eigenvalue weighted by atomic mass is 19.2. The predicted octanol–water partition coefficient (Wildman–Crippen LogP) is 6.75. The van der Waals surface area contributed by atoms with Crippen molar-refractivity contribution >= 4 is 5.69 Å². The molecule has 0 aliphatic heterocycles. The van der Waals surface area contributed by atoms with Crippen molar-refractivity contribution < 1.29 is 48.3 Å². The molecule has 0 unspecified atom stereocenters. The molecule has 1 nitrogen and oxygen atoms in total. The van der Waals surface area contributed by atoms with Gasteiger partial charge in [0.1, 0.15) is 23.1 Å². The van der Waals surface area contributed by atoms with Crippen LogP contribution < -0.4 is 5.73 Å². The fraction of sp³-hybridized carbons (Fsp3) is 0.100. The largest absolute Gasteiger partial charge is 0.394 e. The maximum Gasteiger partial charge on any atom is 0.198 e. The number of hydrogen-bond acceptors (Lipinski definition) is 1. The van der Waals surface area contributed by atoms with Gasteiger partial charge in [0.15, 0.2) is 46.5 Å². The molecule has 0 aliphatic carbocycles. The van der Waals surface area contributed by atoms with Crippen LogP contribution in [-0.2, 0) is 0 Å². The monoisotopic (exact) mass is 471 g/mol. The SMILES string of the molecule is Cc1c(F)c(-c2c(C)c(F)c(F)c(F)c2F)c(F)c(-c2c(F)c(F)c(N)c(F)c2F)c1F. The predicted molar refractivity (Wildman–Crippen MR) is 90.7 cm³/mol. The topological polar surface area (TPSA) is 26.0 Å². The minimum atomic E-state index is -2.49. The Kier molecular flexibility index (Phi) is 5.60. The number of halogens is 11. The molecule has 0 amide bonds. The van der Waals surface area contributed by atoms with E-state index in [0.29, 0.717) is 13.8 Å². The summed E-state index contributed by atoms with van der Waals surface area (Å²) in [7, 11) is 0. The van der Waals surface area contributed by atoms with Gasteiger partial charge in [0.25, 0.3) is 0 Å². The maximum atomic E-state index is 15.2. The van der Waals surface area contributed by atoms with Crippen molar-refractivity contribution in [1.29, 1.82) is 0 Å². The first-order valence-corrected chi connectivity index (χ1v) is 8.37. The molecule has 0 spiro atoms. The first-order chi connectivity index (χ1) is 14.7. The molecule has 2 N–H and O–H groups in total. The van der Waals surface area contributed by atoms with E-state index in [1.54, 1.807) is 0 Å². The molecule has 170 valence electrons. The van der Waals surface area contributed by atoms with Crippen molar-refractivity contribution in [3.63, 3.8) is 0 Å². The van der Waals surface area contributed by atoms with Crippen molar-refractivity contribution in [3.8, 4) is 22.3 Å². The molecule has 0 atom stereocenters. The van der Waals surface area contributed by atoms with Crippen LogP contribution in [0.1, 0.15) is 11.1 Å². The minimum absolute atomic E-state index is 0.556. The third kappa shape index (κ3) is 3.00. The smallest absolute Gasteiger partial charge is 0.198 e. The van der Waals surface area contributed by atoms with Crippen LogP contribution >= 0.6 is 0 Å². The summed E-state index contributed by atoms with van der Waals surface area (Å²) in [4.78, 5) is 0. The summed E-state index contributed by atoms with van der Waals surface area (Å²) in [5, 5.41) is 0. The maximum absolute atomic E-state index is 15.2. The normalized spacial score (nSPS) is 11.4. The van der Waals surface area contributed by atoms with Gasteiger partial charge in [0.05, 0.1) is 16.7 Å². The van der Waals surface area contributed by atoms with E-state index in [2.05, 4.69) is 0 Å². The molecule has 3 aromatic rings. The summed E-state index contributed by atoms with van der Waals surface area (Å²) in [5.74, 6) is -24.9. The molecular weight excluding hydrogens is 463 g/mol. The van der Waals surface area contributed by atoms with Crippen LogP contribution in [0.5, 0.6) is 0 Å². The highest BCUT2D eigenvalue weighted by Crippen LogP contribution is 2.43. The molecule has 3 aromatic carbocycles. The Bertz CT molecular complexity index is 1160. The lowest BCUT2D eigenvalue weighted by molar-refractivity contribution is 0.407. The Morgan fingerprint density at radius 2 is 0.688 bits per heavy atom. The van der Waals surface area contributed by atoms with E-state index in [-0.39, 0.29) is 0 Å². The molecule has 0 aromatic heterocycles. The molecule has 3 rings (SSSR count). The third-order valence-electron chi connectivity index (χ3n) is 4.84. The molecular formula is C20H8F11N. The summed E-state index contributed by atoms with van der Waals surface area (Å²) < 4.78 is 156. The molecule has 0 bridgehead atoms. The molecule has 0 aliphatic rings. The van der Waals surface area contributed by atoms with E-state index in [9.17, 15) is 43.9 Å². The fourth-order valence-corrected chi connectivity index (χ4v) is 3.13. The lowest BCUT2D eigenvalue weighted by Gasteiger charge is -2.18. The molecule has 0 saturated heterocycles. The van der Waals surface area contributed by atoms with Gasteiger partial charge in [-0.15, -0.1) is 0 Å². The Morgan fingerprint density at radius 3 is 1.16 bits per heavy atom. The van der Waals surface area contributed by atoms with Crippen molar-refractivity contribution in [2.24, 2.45) is 0 Å². The van der Waals surface area contributed by atoms with E-state index in [1.807, 2.05) is 0 Å². The van der Waals surface area contributed by atoms with Crippen LogP contribution in [0, 0.1) is 77.8 Å². The Morgan fingerprint density at radius 1 is 0.344 bits per heavy atom. The zero-order valence-electron chi connectivity index (χ0n) is 15.7. The van der Waals surface area contributed by atoms with Crippen LogP contribution in [0.3, 0.4) is 0 Å². The van der Waals surface area contributed by atoms with E-state index in [4.69, 9.17) is 5.73 Å². The molecule has 0 saturated carbocycles. The number of hydrogen-bond donors (Lipinski definition) is 1. The van der Waals surface area contributed by atoms with Gasteiger partial charge >= 0.3 is 0 Å². The van der Waals surface area contributed by atoms with Gasteiger partial charge in [0, 0.05) is 11.1 Å². The average Bonchev–Trinajstić information content (AvgIpc) is 2.76. The number of rotatable bonds is 2. The van der Waals surface area contributed by atoms with Crippen LogP contribution in [0.25, 0.3) is 22.3 Å². The molecule has 12 heteroatoms. The van der Waals surface area contributed by atoms with Crippen molar-refractivity contribution in [1.82, 2.24) is 0 Å². The van der Waals surface area contributed by atoms with E-state index >= 15 is 4.39 Å². The Balaban J connectivity index is 2.59. The lowest BCUT2D eigenvalue weighted by atomic mass is 9.90. The number of nitrogen functional groups attached to an aromatic ring is 1. The Hall–Kier alpha value is -3.31. The van der Waals surface area contributed by atoms with E-state index < -0.39 is 103 Å². The van der Waals surface area contributed by atoms with Gasteiger partial charge < -0.3 is 5.73 Å². The van der Waals surface area contributed by atoms with E-state index in [0.717, 1.165) is 0 Å². The quantitative estimate of drug-likeness (QED) is 0.190. The average molecular weight is 471 g/mol. The Labute approximate surface area is 171 Å². The van der Waals surface area contributed by atoms with Crippen molar-refractivity contribution in [2.45, 2.75) is 13.8 Å². The van der Waals surface area contributed by atoms with Gasteiger partial charge in [0.2, 0.25) is 0 Å². The first-order valence-electron chi connectivity index (χ1n) is 8.37. The summed E-state index contributed by atoms with van der Waals surface area (Å²) in [6.07, 6.45) is 0. The highest BCUT2D eigenvalue weighted by Gasteiger charge is 2.35. The van der Waals surface area contributed by atoms with Crippen molar-refractivity contribution in [3.05, 3.63) is 75.1 Å². The van der Waals surface area contributed by atoms with E-state index in [1.165, 1.54) is 0 Å². The second-order valence-electron chi connectivity index (χ2n) is 6.62. The number of nitrogens with two attached hydrogens (primary N) is 1. The number of anilines is 1. The zero-order valence-corrected chi connectivity index (χ0v) is 15.7. The van der Waals surface area contributed by atoms with Crippen LogP contribution in [-0.4, -0.2) is 0 Å². The standard InChI is InChI=1S/C20H8F11N/c1-3-5(13(25)17(29)16(28)11(3)23)6-9(21)4(2)10(22)7(12(6)24)8-14(26)18(30)20(32)19(31)15(8)27/h32H2,1-2H3. The second-order valence-corrected chi connectivity index (χ2v) is 6.62. The van der Waals surface area contributed by atoms with Gasteiger partial charge in [-0.3, -0.25) is 0 Å². The molecule has 0 fully saturated rings. The van der Waals surface area contributed by atoms with Gasteiger partial charge in [-0.2, -0.15) is 0 Å². The van der Waals surface area contributed by atoms with Crippen LogP contribution in [0.2, 0.25) is 0 Å². The van der Waals surface area contributed by atoms with Crippen LogP contribution in [0.15, 0.2) is 0 Å². The summed E-state index contributed by atoms with van der Waals surface area (Å²) in [6, 6.07) is 0. The first kappa shape index (κ1) is 23.4. The third-order valence-corrected chi connectivity index (χ3v) is 4.84. The molecule has 32 heavy (non-hydrogen) atoms. The summed E-state index contributed by atoms with van der Waals surface area (Å²) in [6.45, 7) is 1.14. The van der Waals surface area contributed by atoms with Gasteiger partial charge in [-0.05, 0) is 19.4 Å². The molecule has 0 radical (unpaired) electrons. The minimum Gasteiger partial charge on any atom is -0.394 e. The summed E-state index contributed by atoms with van der Waals surface area (Å²) >= 11 is 0. The fourth-order valence-electron chi connectivity index (χ4n) is 3.13. The van der Waals surface area contributed by atoms with Gasteiger partial charge in [-0.25, -0.2) is 48.3 Å². The highest BCUT2D eigenvalue weighted by molar-refractivity contribution is 5.79. The van der Waals surface area contributed by atoms with Gasteiger partial charge in [-0.1, -0.05) is 0 Å². The zero-order chi connectivity index (χ0) is 24.4. The molecule has 0 heterocycles. The number of benzene rings is 3. The van der Waals surface area contributed by atoms with Crippen LogP contribution in [0.4, 0.5) is 54.0 Å².